The molecule has 2 N–H and O–H groups in total. The van der Waals surface area contributed by atoms with E-state index in [1.165, 1.54) is 11.0 Å². The van der Waals surface area contributed by atoms with E-state index in [0.717, 1.165) is 5.69 Å². The molecule has 2 rings (SSSR count). The van der Waals surface area contributed by atoms with Gasteiger partial charge in [-0.05, 0) is 13.8 Å². The molecule has 6 nitrogen and oxygen atoms in total. The van der Waals surface area contributed by atoms with Crippen molar-refractivity contribution in [3.05, 3.63) is 23.9 Å². The summed E-state index contributed by atoms with van der Waals surface area (Å²) in [6, 6.07) is 1.80. The van der Waals surface area contributed by atoms with E-state index in [9.17, 15) is 0 Å². The molecule has 0 aliphatic rings. The summed E-state index contributed by atoms with van der Waals surface area (Å²) in [5.74, 6) is 1.66. The second-order valence-electron chi connectivity index (χ2n) is 2.94. The standard InChI is InChI=1S/C8H10N6/c1-5-3-7(13-6(2)12-5)14-8(9)10-4-11-14/h3-4H,1-2H3,(H2,9,10,11). The molecule has 0 unspecified atom stereocenters. The van der Waals surface area contributed by atoms with Gasteiger partial charge in [-0.25, -0.2) is 9.97 Å². The lowest BCUT2D eigenvalue weighted by Gasteiger charge is -2.03. The number of hydrogen-bond donors (Lipinski definition) is 1. The zero-order valence-corrected chi connectivity index (χ0v) is 7.97. The zero-order valence-electron chi connectivity index (χ0n) is 7.97. The van der Waals surface area contributed by atoms with E-state index in [-0.39, 0.29) is 0 Å². The first-order valence-corrected chi connectivity index (χ1v) is 4.15. The largest absolute Gasteiger partial charge is 0.368 e. The van der Waals surface area contributed by atoms with Gasteiger partial charge in [0, 0.05) is 11.8 Å². The third-order valence-corrected chi connectivity index (χ3v) is 1.74. The highest BCUT2D eigenvalue weighted by Crippen LogP contribution is 2.07. The highest BCUT2D eigenvalue weighted by Gasteiger charge is 2.05. The van der Waals surface area contributed by atoms with Crippen molar-refractivity contribution in [2.24, 2.45) is 0 Å². The molecule has 0 bridgehead atoms. The van der Waals surface area contributed by atoms with Crippen LogP contribution in [-0.2, 0) is 0 Å². The number of aryl methyl sites for hydroxylation is 2. The summed E-state index contributed by atoms with van der Waals surface area (Å²) in [5.41, 5.74) is 6.48. The fraction of sp³-hybridized carbons (Fsp3) is 0.250. The Bertz CT molecular complexity index is 440. The van der Waals surface area contributed by atoms with Gasteiger partial charge < -0.3 is 5.73 Å². The average Bonchev–Trinajstić information content (AvgIpc) is 2.49. The Kier molecular flexibility index (Phi) is 1.88. The molecule has 6 heteroatoms. The van der Waals surface area contributed by atoms with Crippen molar-refractivity contribution >= 4 is 5.95 Å². The molecule has 72 valence electrons. The molecular weight excluding hydrogens is 180 g/mol. The molecule has 14 heavy (non-hydrogen) atoms. The molecule has 0 aliphatic heterocycles. The monoisotopic (exact) mass is 190 g/mol. The smallest absolute Gasteiger partial charge is 0.224 e. The highest BCUT2D eigenvalue weighted by atomic mass is 15.4. The van der Waals surface area contributed by atoms with Crippen molar-refractivity contribution < 1.29 is 0 Å². The first kappa shape index (κ1) is 8.61. The van der Waals surface area contributed by atoms with Gasteiger partial charge in [0.15, 0.2) is 5.82 Å². The normalized spacial score (nSPS) is 10.4. The van der Waals surface area contributed by atoms with Gasteiger partial charge in [-0.15, -0.1) is 0 Å². The number of aromatic nitrogens is 5. The van der Waals surface area contributed by atoms with Crippen LogP contribution in [-0.4, -0.2) is 24.7 Å². The molecule has 2 heterocycles. The summed E-state index contributed by atoms with van der Waals surface area (Å²) >= 11 is 0. The van der Waals surface area contributed by atoms with Crippen molar-refractivity contribution in [2.45, 2.75) is 13.8 Å². The van der Waals surface area contributed by atoms with Crippen molar-refractivity contribution in [3.8, 4) is 5.82 Å². The van der Waals surface area contributed by atoms with Crippen molar-refractivity contribution in [1.82, 2.24) is 24.7 Å². The number of nitrogens with zero attached hydrogens (tertiary/aromatic N) is 5. The molecule has 0 spiro atoms. The molecule has 0 amide bonds. The predicted molar refractivity (Wildman–Crippen MR) is 50.8 cm³/mol. The fourth-order valence-electron chi connectivity index (χ4n) is 1.23. The van der Waals surface area contributed by atoms with Crippen molar-refractivity contribution in [3.63, 3.8) is 0 Å². The Morgan fingerprint density at radius 2 is 2.07 bits per heavy atom. The van der Waals surface area contributed by atoms with E-state index in [0.29, 0.717) is 17.6 Å². The minimum atomic E-state index is 0.322. The number of hydrogen-bond acceptors (Lipinski definition) is 5. The van der Waals surface area contributed by atoms with Gasteiger partial charge in [0.05, 0.1) is 0 Å². The van der Waals surface area contributed by atoms with Gasteiger partial charge in [-0.1, -0.05) is 0 Å². The minimum absolute atomic E-state index is 0.322. The lowest BCUT2D eigenvalue weighted by Crippen LogP contribution is -2.06. The lowest BCUT2D eigenvalue weighted by atomic mass is 10.4. The first-order chi connectivity index (χ1) is 6.66. The van der Waals surface area contributed by atoms with E-state index >= 15 is 0 Å². The van der Waals surface area contributed by atoms with E-state index < -0.39 is 0 Å². The second kappa shape index (κ2) is 3.06. The van der Waals surface area contributed by atoms with Gasteiger partial charge in [0.1, 0.15) is 12.2 Å². The maximum Gasteiger partial charge on any atom is 0.224 e. The maximum absolute atomic E-state index is 5.60. The van der Waals surface area contributed by atoms with Gasteiger partial charge in [-0.3, -0.25) is 0 Å². The molecule has 2 aromatic rings. The summed E-state index contributed by atoms with van der Waals surface area (Å²) in [6.45, 7) is 3.72. The van der Waals surface area contributed by atoms with Crippen LogP contribution in [0.25, 0.3) is 5.82 Å². The Balaban J connectivity index is 2.57. The van der Waals surface area contributed by atoms with Crippen LogP contribution in [0.1, 0.15) is 11.5 Å². The van der Waals surface area contributed by atoms with E-state index in [4.69, 9.17) is 5.73 Å². The maximum atomic E-state index is 5.60. The summed E-state index contributed by atoms with van der Waals surface area (Å²) in [4.78, 5) is 12.2. The number of rotatable bonds is 1. The molecule has 0 radical (unpaired) electrons. The third kappa shape index (κ3) is 1.41. The molecule has 2 aromatic heterocycles. The quantitative estimate of drug-likeness (QED) is 0.697. The molecule has 0 saturated carbocycles. The van der Waals surface area contributed by atoms with Crippen LogP contribution in [0.3, 0.4) is 0 Å². The van der Waals surface area contributed by atoms with Crippen LogP contribution in [0.5, 0.6) is 0 Å². The van der Waals surface area contributed by atoms with Crippen LogP contribution < -0.4 is 5.73 Å². The highest BCUT2D eigenvalue weighted by molar-refractivity contribution is 5.31. The number of nitrogen functional groups attached to an aromatic ring is 1. The minimum Gasteiger partial charge on any atom is -0.368 e. The summed E-state index contributed by atoms with van der Waals surface area (Å²) in [6.07, 6.45) is 1.39. The Hall–Kier alpha value is -1.98. The van der Waals surface area contributed by atoms with Crippen LogP contribution >= 0.6 is 0 Å². The molecule has 0 aromatic carbocycles. The Morgan fingerprint density at radius 3 is 2.64 bits per heavy atom. The van der Waals surface area contributed by atoms with E-state index in [2.05, 4.69) is 20.1 Å². The van der Waals surface area contributed by atoms with Gasteiger partial charge in [0.25, 0.3) is 0 Å². The molecular formula is C8H10N6. The third-order valence-electron chi connectivity index (χ3n) is 1.74. The average molecular weight is 190 g/mol. The van der Waals surface area contributed by atoms with Crippen LogP contribution in [0.15, 0.2) is 12.4 Å². The molecule has 0 atom stereocenters. The molecule has 0 aliphatic carbocycles. The summed E-state index contributed by atoms with van der Waals surface area (Å²) < 4.78 is 1.47. The van der Waals surface area contributed by atoms with Gasteiger partial charge in [0.2, 0.25) is 5.95 Å². The zero-order chi connectivity index (χ0) is 10.1. The number of nitrogens with two attached hydrogens (primary N) is 1. The lowest BCUT2D eigenvalue weighted by molar-refractivity contribution is 0.830. The Labute approximate surface area is 80.8 Å². The van der Waals surface area contributed by atoms with Crippen molar-refractivity contribution in [1.29, 1.82) is 0 Å². The van der Waals surface area contributed by atoms with Crippen molar-refractivity contribution in [2.75, 3.05) is 5.73 Å². The SMILES string of the molecule is Cc1cc(-n2ncnc2N)nc(C)n1. The van der Waals surface area contributed by atoms with Gasteiger partial charge in [-0.2, -0.15) is 14.8 Å². The first-order valence-electron chi connectivity index (χ1n) is 4.15. The Morgan fingerprint density at radius 1 is 1.29 bits per heavy atom. The topological polar surface area (TPSA) is 82.5 Å². The fourth-order valence-corrected chi connectivity index (χ4v) is 1.23. The second-order valence-corrected chi connectivity index (χ2v) is 2.94. The van der Waals surface area contributed by atoms with Gasteiger partial charge >= 0.3 is 0 Å². The van der Waals surface area contributed by atoms with Crippen LogP contribution in [0, 0.1) is 13.8 Å². The van der Waals surface area contributed by atoms with E-state index in [1.807, 2.05) is 13.8 Å². The van der Waals surface area contributed by atoms with Crippen LogP contribution in [0.4, 0.5) is 5.95 Å². The van der Waals surface area contributed by atoms with Crippen LogP contribution in [0.2, 0.25) is 0 Å². The summed E-state index contributed by atoms with van der Waals surface area (Å²) in [7, 11) is 0. The van der Waals surface area contributed by atoms with E-state index in [1.54, 1.807) is 6.07 Å². The number of anilines is 1. The predicted octanol–water partition coefficient (Wildman–Crippen LogP) is 0.256. The molecule has 0 saturated heterocycles. The molecule has 0 fully saturated rings. The summed E-state index contributed by atoms with van der Waals surface area (Å²) in [5, 5.41) is 3.96.